The summed E-state index contributed by atoms with van der Waals surface area (Å²) in [7, 11) is 0. The third kappa shape index (κ3) is 8.26. The number of halogens is 4. The van der Waals surface area contributed by atoms with Gasteiger partial charge in [-0.15, -0.1) is 0 Å². The van der Waals surface area contributed by atoms with Crippen LogP contribution in [0.2, 0.25) is 0 Å². The molecule has 39 heavy (non-hydrogen) atoms. The Morgan fingerprint density at radius 3 is 2.44 bits per heavy atom. The third-order valence-electron chi connectivity index (χ3n) is 8.26. The molecule has 0 spiro atoms. The first-order chi connectivity index (χ1) is 18.6. The van der Waals surface area contributed by atoms with Crippen LogP contribution in [-0.2, 0) is 11.2 Å². The number of nitriles is 1. The third-order valence-corrected chi connectivity index (χ3v) is 8.26. The van der Waals surface area contributed by atoms with E-state index in [2.05, 4.69) is 11.0 Å². The molecule has 2 heterocycles. The molecule has 1 N–H and O–H groups in total. The summed E-state index contributed by atoms with van der Waals surface area (Å²) in [4.78, 5) is 15.5. The lowest BCUT2D eigenvalue weighted by atomic mass is 9.86. The summed E-state index contributed by atoms with van der Waals surface area (Å²) in [5.74, 6) is -1.60. The van der Waals surface area contributed by atoms with Gasteiger partial charge in [0.2, 0.25) is 0 Å². The number of aliphatic carboxylic acids is 1. The summed E-state index contributed by atoms with van der Waals surface area (Å²) in [6, 6.07) is 14.3. The van der Waals surface area contributed by atoms with Gasteiger partial charge >= 0.3 is 12.1 Å². The van der Waals surface area contributed by atoms with E-state index >= 15 is 0 Å². The first kappa shape index (κ1) is 29.0. The Bertz CT molecular complexity index is 1140. The molecule has 0 radical (unpaired) electrons. The number of rotatable bonds is 10. The number of hydrogen-bond acceptors (Lipinski definition) is 4. The number of carboxylic acids is 1. The quantitative estimate of drug-likeness (QED) is 0.379. The predicted molar refractivity (Wildman–Crippen MR) is 140 cm³/mol. The highest BCUT2D eigenvalue weighted by Crippen LogP contribution is 2.37. The van der Waals surface area contributed by atoms with Gasteiger partial charge in [0.1, 0.15) is 11.9 Å². The van der Waals surface area contributed by atoms with Crippen molar-refractivity contribution in [2.45, 2.75) is 56.7 Å². The Hall–Kier alpha value is -2.96. The topological polar surface area (TPSA) is 67.6 Å². The van der Waals surface area contributed by atoms with Crippen molar-refractivity contribution in [1.29, 1.82) is 5.26 Å². The summed E-state index contributed by atoms with van der Waals surface area (Å²) in [5, 5.41) is 18.5. The maximum absolute atomic E-state index is 14.0. The summed E-state index contributed by atoms with van der Waals surface area (Å²) >= 11 is 0. The largest absolute Gasteiger partial charge is 0.480 e. The molecule has 3 atom stereocenters. The summed E-state index contributed by atoms with van der Waals surface area (Å²) < 4.78 is 53.5. The molecule has 5 nitrogen and oxygen atoms in total. The van der Waals surface area contributed by atoms with Crippen LogP contribution in [0.3, 0.4) is 0 Å². The SMILES string of the molecule is N#Cc1ccc(CCCC2CCN(C[C@H]3CN(C(CC(F)(F)F)C(=O)O)C[C@@H]3c3cccc(F)c3)CC2)cc1. The van der Waals surface area contributed by atoms with Gasteiger partial charge in [0.15, 0.2) is 0 Å². The highest BCUT2D eigenvalue weighted by molar-refractivity contribution is 5.73. The molecular weight excluding hydrogens is 510 g/mol. The molecule has 2 aromatic rings. The van der Waals surface area contributed by atoms with E-state index in [9.17, 15) is 27.5 Å². The molecule has 2 saturated heterocycles. The number of nitrogens with zero attached hydrogens (tertiary/aromatic N) is 3. The molecule has 4 rings (SSSR count). The summed E-state index contributed by atoms with van der Waals surface area (Å²) in [5.41, 5.74) is 2.59. The maximum Gasteiger partial charge on any atom is 0.391 e. The van der Waals surface area contributed by atoms with Crippen molar-refractivity contribution in [2.75, 3.05) is 32.7 Å². The molecule has 0 amide bonds. The molecule has 2 aliphatic heterocycles. The number of alkyl halides is 3. The van der Waals surface area contributed by atoms with Gasteiger partial charge in [-0.25, -0.2) is 4.39 Å². The van der Waals surface area contributed by atoms with Crippen molar-refractivity contribution in [3.05, 3.63) is 71.0 Å². The lowest BCUT2D eigenvalue weighted by molar-refractivity contribution is -0.165. The van der Waals surface area contributed by atoms with Gasteiger partial charge in [0.05, 0.1) is 18.1 Å². The average Bonchev–Trinajstić information content (AvgIpc) is 3.31. The molecule has 9 heteroatoms. The van der Waals surface area contributed by atoms with Crippen molar-refractivity contribution >= 4 is 5.97 Å². The van der Waals surface area contributed by atoms with E-state index in [0.717, 1.165) is 45.2 Å². The zero-order chi connectivity index (χ0) is 28.0. The monoisotopic (exact) mass is 545 g/mol. The number of carbonyl (C=O) groups is 1. The Morgan fingerprint density at radius 2 is 1.82 bits per heavy atom. The second-order valence-corrected chi connectivity index (χ2v) is 11.0. The predicted octanol–water partition coefficient (Wildman–Crippen LogP) is 5.85. The summed E-state index contributed by atoms with van der Waals surface area (Å²) in [6.45, 7) is 2.82. The van der Waals surface area contributed by atoms with Crippen LogP contribution in [0.4, 0.5) is 17.6 Å². The zero-order valence-corrected chi connectivity index (χ0v) is 21.9. The van der Waals surface area contributed by atoms with Crippen LogP contribution in [0.5, 0.6) is 0 Å². The van der Waals surface area contributed by atoms with Crippen LogP contribution >= 0.6 is 0 Å². The van der Waals surface area contributed by atoms with Gasteiger partial charge in [-0.05, 0) is 86.0 Å². The molecule has 1 unspecified atom stereocenters. The standard InChI is InChI=1S/C30H35F4N3O2/c31-26-6-2-5-24(15-26)27-20-37(28(29(38)39)16-30(32,33)34)19-25(27)18-36-13-11-22(12-14-36)4-1-3-21-7-9-23(17-35)10-8-21/h2,5-10,15,22,25,27-28H,1,3-4,11-14,16,18-20H2,(H,38,39)/t25-,27+,28?/m0/s1. The Labute approximate surface area is 227 Å². The van der Waals surface area contributed by atoms with Gasteiger partial charge in [-0.3, -0.25) is 9.69 Å². The zero-order valence-electron chi connectivity index (χ0n) is 21.9. The van der Waals surface area contributed by atoms with Crippen LogP contribution in [0, 0.1) is 29.0 Å². The van der Waals surface area contributed by atoms with Crippen molar-refractivity contribution in [3.8, 4) is 6.07 Å². The molecule has 2 fully saturated rings. The van der Waals surface area contributed by atoms with E-state index in [1.807, 2.05) is 24.3 Å². The van der Waals surface area contributed by atoms with Gasteiger partial charge < -0.3 is 10.0 Å². The number of hydrogen-bond donors (Lipinski definition) is 1. The fourth-order valence-corrected chi connectivity index (χ4v) is 6.18. The molecule has 2 aromatic carbocycles. The van der Waals surface area contributed by atoms with Crippen LogP contribution in [0.15, 0.2) is 48.5 Å². The minimum atomic E-state index is -4.59. The van der Waals surface area contributed by atoms with Crippen LogP contribution in [-0.4, -0.2) is 65.8 Å². The van der Waals surface area contributed by atoms with E-state index in [1.54, 1.807) is 12.1 Å². The Kier molecular flexibility index (Phi) is 9.62. The second-order valence-electron chi connectivity index (χ2n) is 11.0. The second kappa shape index (κ2) is 12.9. The lowest BCUT2D eigenvalue weighted by Crippen LogP contribution is -2.43. The number of benzene rings is 2. The first-order valence-electron chi connectivity index (χ1n) is 13.6. The van der Waals surface area contributed by atoms with Crippen molar-refractivity contribution in [3.63, 3.8) is 0 Å². The number of aryl methyl sites for hydroxylation is 1. The van der Waals surface area contributed by atoms with Gasteiger partial charge in [0, 0.05) is 25.6 Å². The number of piperidine rings is 1. The van der Waals surface area contributed by atoms with Crippen LogP contribution in [0.25, 0.3) is 0 Å². The smallest absolute Gasteiger partial charge is 0.391 e. The highest BCUT2D eigenvalue weighted by Gasteiger charge is 2.44. The van der Waals surface area contributed by atoms with Gasteiger partial charge in [0.25, 0.3) is 0 Å². The average molecular weight is 546 g/mol. The molecule has 0 aliphatic carbocycles. The lowest BCUT2D eigenvalue weighted by Gasteiger charge is -2.35. The fourth-order valence-electron chi connectivity index (χ4n) is 6.18. The molecule has 2 aliphatic rings. The maximum atomic E-state index is 14.0. The van der Waals surface area contributed by atoms with E-state index in [1.165, 1.54) is 22.6 Å². The van der Waals surface area contributed by atoms with Crippen molar-refractivity contribution in [2.24, 2.45) is 11.8 Å². The normalized spacial score (nSPS) is 22.0. The van der Waals surface area contributed by atoms with E-state index in [0.29, 0.717) is 23.6 Å². The summed E-state index contributed by atoms with van der Waals surface area (Å²) in [6.07, 6.45) is -0.737. The fraction of sp³-hybridized carbons (Fsp3) is 0.533. The Balaban J connectivity index is 1.33. The van der Waals surface area contributed by atoms with Crippen LogP contribution in [0.1, 0.15) is 54.7 Å². The van der Waals surface area contributed by atoms with Gasteiger partial charge in [-0.1, -0.05) is 30.7 Å². The molecule has 0 aromatic heterocycles. The van der Waals surface area contributed by atoms with Crippen molar-refractivity contribution < 1.29 is 27.5 Å². The van der Waals surface area contributed by atoms with E-state index < -0.39 is 30.4 Å². The Morgan fingerprint density at radius 1 is 1.10 bits per heavy atom. The van der Waals surface area contributed by atoms with Crippen molar-refractivity contribution in [1.82, 2.24) is 9.80 Å². The molecule has 0 saturated carbocycles. The molecule has 210 valence electrons. The highest BCUT2D eigenvalue weighted by atomic mass is 19.4. The van der Waals surface area contributed by atoms with E-state index in [-0.39, 0.29) is 24.9 Å². The minimum Gasteiger partial charge on any atom is -0.480 e. The number of likely N-dealkylation sites (tertiary alicyclic amines) is 2. The molecule has 0 bridgehead atoms. The van der Waals surface area contributed by atoms with Crippen LogP contribution < -0.4 is 0 Å². The molecular formula is C30H35F4N3O2. The first-order valence-corrected chi connectivity index (χ1v) is 13.6. The van der Waals surface area contributed by atoms with E-state index in [4.69, 9.17) is 5.26 Å². The van der Waals surface area contributed by atoms with Gasteiger partial charge in [-0.2, -0.15) is 18.4 Å². The minimum absolute atomic E-state index is 0.0881. The number of carboxylic acid groups (broad SMARTS) is 1.